The van der Waals surface area contributed by atoms with Gasteiger partial charge >= 0.3 is 29.6 Å². The van der Waals surface area contributed by atoms with Crippen LogP contribution in [0.3, 0.4) is 0 Å². The van der Waals surface area contributed by atoms with Gasteiger partial charge in [0.15, 0.2) is 46.1 Å². The van der Waals surface area contributed by atoms with Crippen molar-refractivity contribution in [1.29, 1.82) is 0 Å². The van der Waals surface area contributed by atoms with Gasteiger partial charge in [-0.05, 0) is 32.9 Å². The van der Waals surface area contributed by atoms with Crippen LogP contribution in [0.2, 0.25) is 5.02 Å². The Kier molecular flexibility index (Phi) is 12.5. The Labute approximate surface area is 329 Å². The largest absolute Gasteiger partial charge is 1.00 e. The van der Waals surface area contributed by atoms with Gasteiger partial charge in [0, 0.05) is 44.5 Å². The second-order valence-electron chi connectivity index (χ2n) is 11.5. The number of carboxylic acids is 2. The van der Waals surface area contributed by atoms with Gasteiger partial charge in [-0.1, -0.05) is 28.5 Å². The third-order valence-corrected chi connectivity index (χ3v) is 11.6. The van der Waals surface area contributed by atoms with Crippen LogP contribution in [0.25, 0.3) is 0 Å². The smallest absolute Gasteiger partial charge is 0.546 e. The number of nitrogens with zero attached hydrogens (tertiary/aromatic N) is 4. The van der Waals surface area contributed by atoms with E-state index >= 15 is 0 Å². The van der Waals surface area contributed by atoms with E-state index in [0.717, 1.165) is 34.1 Å². The third-order valence-electron chi connectivity index (χ3n) is 7.63. The Morgan fingerprint density at radius 2 is 1.84 bits per heavy atom. The molecule has 262 valence electrons. The number of aromatic hydroxyl groups is 2. The van der Waals surface area contributed by atoms with Gasteiger partial charge in [0.2, 0.25) is 18.2 Å². The Morgan fingerprint density at radius 1 is 1.18 bits per heavy atom. The van der Waals surface area contributed by atoms with Crippen molar-refractivity contribution in [3.63, 3.8) is 0 Å². The number of Topliss-reactive ketones (excluding diaryl/α,β-unsaturated/α-hetero) is 2. The van der Waals surface area contributed by atoms with Gasteiger partial charge < -0.3 is 40.6 Å². The molecular formula is C31H27ClN5NaO10S3. The number of aliphatic carboxylic acids is 2. The number of benzene rings is 1. The Hall–Kier alpha value is -3.65. The van der Waals surface area contributed by atoms with E-state index in [1.54, 1.807) is 36.0 Å². The number of anilines is 1. The Balaban J connectivity index is 0.00000583. The maximum atomic E-state index is 13.5. The summed E-state index contributed by atoms with van der Waals surface area (Å²) in [5.41, 5.74) is 3.18. The second kappa shape index (κ2) is 15.9. The molecule has 20 heteroatoms. The standard InChI is InChI=1S/C31H28ClN5O10S3.Na/c1-13-25(50-14-6-8-36(9-7-14)11-20(40)15-4-5-18(38)24(41)21(15)32)23(28(43)44)37-26(42)16(27(37)49-13)10-19(39)22(17-12-48-30(33)34-17)35-47-31(2,3)29(45)46;/h4-9,12-13,16,27H,10-11H2,1-3H3,(H5-,33,34,35,38,39,40,41,43,44,45,46);/q;+1/p-1/t13-,16+,27+;/m0./s1. The molecule has 1 amide bonds. The van der Waals surface area contributed by atoms with Crippen LogP contribution in [0.15, 0.2) is 62.7 Å². The van der Waals surface area contributed by atoms with Gasteiger partial charge in [0.1, 0.15) is 5.69 Å². The number of β-lactam (4-membered cyclic amide) rings is 1. The zero-order valence-corrected chi connectivity index (χ0v) is 32.5. The van der Waals surface area contributed by atoms with E-state index in [1.807, 2.05) is 0 Å². The number of fused-ring (bicyclic) bond motifs is 1. The molecule has 0 aliphatic carbocycles. The molecule has 0 saturated carbocycles. The number of pyridine rings is 1. The number of ketones is 2. The molecule has 4 N–H and O–H groups in total. The van der Waals surface area contributed by atoms with Crippen LogP contribution in [0.1, 0.15) is 43.2 Å². The molecule has 1 fully saturated rings. The van der Waals surface area contributed by atoms with Crippen LogP contribution < -0.4 is 50.1 Å². The summed E-state index contributed by atoms with van der Waals surface area (Å²) in [5, 5.41) is 47.1. The van der Waals surface area contributed by atoms with Crippen LogP contribution in [0.5, 0.6) is 11.5 Å². The first-order chi connectivity index (χ1) is 23.5. The number of nitrogens with two attached hydrogens (primary N) is 1. The predicted molar refractivity (Wildman–Crippen MR) is 178 cm³/mol. The van der Waals surface area contributed by atoms with Crippen molar-refractivity contribution in [1.82, 2.24) is 9.88 Å². The van der Waals surface area contributed by atoms with Gasteiger partial charge in [-0.25, -0.2) is 4.98 Å². The van der Waals surface area contributed by atoms with Gasteiger partial charge in [-0.3, -0.25) is 19.3 Å². The first kappa shape index (κ1) is 40.1. The number of phenols is 2. The quantitative estimate of drug-likeness (QED) is 0.0319. The van der Waals surface area contributed by atoms with Gasteiger partial charge in [-0.15, -0.1) is 23.1 Å². The number of halogens is 1. The van der Waals surface area contributed by atoms with Gasteiger partial charge in [0.25, 0.3) is 0 Å². The van der Waals surface area contributed by atoms with E-state index in [9.17, 15) is 44.4 Å². The summed E-state index contributed by atoms with van der Waals surface area (Å²) in [4.78, 5) is 74.6. The summed E-state index contributed by atoms with van der Waals surface area (Å²) < 4.78 is 1.54. The van der Waals surface area contributed by atoms with E-state index < -0.39 is 69.5 Å². The molecule has 0 bridgehead atoms. The number of phenolic OH excluding ortho intramolecular Hbond substituents is 2. The van der Waals surface area contributed by atoms with E-state index in [-0.39, 0.29) is 68.9 Å². The van der Waals surface area contributed by atoms with Crippen molar-refractivity contribution >= 4 is 86.7 Å². The number of oxime groups is 1. The average molecular weight is 784 g/mol. The van der Waals surface area contributed by atoms with Gasteiger partial charge in [0.05, 0.1) is 34.0 Å². The summed E-state index contributed by atoms with van der Waals surface area (Å²) in [6.45, 7) is 3.96. The summed E-state index contributed by atoms with van der Waals surface area (Å²) in [7, 11) is 0. The van der Waals surface area contributed by atoms with E-state index in [2.05, 4.69) is 10.1 Å². The number of nitrogen functional groups attached to an aromatic ring is 1. The molecule has 3 aromatic rings. The first-order valence-electron chi connectivity index (χ1n) is 14.6. The molecule has 0 unspecified atom stereocenters. The van der Waals surface area contributed by atoms with Crippen LogP contribution >= 0.6 is 46.5 Å². The number of carbonyl (C=O) groups excluding carboxylic acids is 5. The monoisotopic (exact) mass is 783 g/mol. The molecule has 1 aromatic carbocycles. The molecule has 5 rings (SSSR count). The predicted octanol–water partition coefficient (Wildman–Crippen LogP) is -2.15. The van der Waals surface area contributed by atoms with E-state index in [4.69, 9.17) is 22.2 Å². The molecule has 0 radical (unpaired) electrons. The molecule has 0 spiro atoms. The second-order valence-corrected chi connectivity index (χ2v) is 15.4. The number of thioether (sulfide) groups is 2. The number of aromatic nitrogens is 2. The fourth-order valence-corrected chi connectivity index (χ4v) is 8.38. The zero-order chi connectivity index (χ0) is 36.7. The maximum Gasteiger partial charge on any atom is 1.00 e. The van der Waals surface area contributed by atoms with Crippen LogP contribution in [-0.4, -0.2) is 71.4 Å². The normalized spacial score (nSPS) is 18.7. The van der Waals surface area contributed by atoms with Crippen molar-refractivity contribution in [2.75, 3.05) is 5.73 Å². The van der Waals surface area contributed by atoms with Crippen molar-refractivity contribution in [2.45, 2.75) is 54.9 Å². The number of hydrogen-bond acceptors (Lipinski definition) is 16. The fraction of sp³-hybridized carbons (Fsp3) is 0.290. The summed E-state index contributed by atoms with van der Waals surface area (Å²) in [6.07, 6.45) is 2.77. The fourth-order valence-electron chi connectivity index (χ4n) is 4.91. The number of amides is 1. The summed E-state index contributed by atoms with van der Waals surface area (Å²) in [6, 6.07) is 5.74. The summed E-state index contributed by atoms with van der Waals surface area (Å²) in [5.74, 6) is -6.92. The topological polar surface area (TPSA) is 240 Å². The minimum Gasteiger partial charge on any atom is -0.546 e. The molecule has 2 aromatic heterocycles. The van der Waals surface area contributed by atoms with Crippen molar-refractivity contribution in [2.24, 2.45) is 11.1 Å². The number of carboxylic acid groups (broad SMARTS) is 2. The first-order valence-corrected chi connectivity index (χ1v) is 17.6. The van der Waals surface area contributed by atoms with Crippen LogP contribution in [-0.2, 0) is 30.6 Å². The van der Waals surface area contributed by atoms with Crippen LogP contribution in [0, 0.1) is 5.92 Å². The molecule has 3 atom stereocenters. The van der Waals surface area contributed by atoms with Crippen molar-refractivity contribution in [3.05, 3.63) is 68.9 Å². The molecule has 1 saturated heterocycles. The minimum atomic E-state index is -1.89. The number of hydrogen-bond donors (Lipinski definition) is 3. The number of rotatable bonds is 13. The molecule has 51 heavy (non-hydrogen) atoms. The Morgan fingerprint density at radius 3 is 2.43 bits per heavy atom. The Bertz CT molecular complexity index is 1990. The third kappa shape index (κ3) is 8.37. The molecule has 2 aliphatic heterocycles. The van der Waals surface area contributed by atoms with Crippen LogP contribution in [0.4, 0.5) is 5.13 Å². The minimum absolute atomic E-state index is 0. The van der Waals surface area contributed by atoms with Gasteiger partial charge in [-0.2, -0.15) is 4.57 Å². The van der Waals surface area contributed by atoms with Crippen molar-refractivity contribution in [3.8, 4) is 11.5 Å². The molecule has 2 aliphatic rings. The van der Waals surface area contributed by atoms with E-state index in [0.29, 0.717) is 9.80 Å². The molecule has 15 nitrogen and oxygen atoms in total. The van der Waals surface area contributed by atoms with Crippen molar-refractivity contribution < 1.29 is 83.4 Å². The number of carbonyl (C=O) groups is 5. The molecule has 4 heterocycles. The molecular weight excluding hydrogens is 757 g/mol. The SMILES string of the molecule is C[C@@H]1S[C@@H]2[C@H](CC(=O)/C(=N\OC(C)(C)C(=O)[O-])c3csc(N)n3)C(=O)N2C(C(=O)[O-])=C1Sc1cc[n+](CC(=O)c2ccc(O)c(O)c2Cl)cc1.[Na+]. The average Bonchev–Trinajstić information content (AvgIpc) is 3.49. The summed E-state index contributed by atoms with van der Waals surface area (Å²) >= 11 is 9.39. The zero-order valence-electron chi connectivity index (χ0n) is 27.3. The van der Waals surface area contributed by atoms with E-state index in [1.165, 1.54) is 37.1 Å². The maximum absolute atomic E-state index is 13.5. The number of thiazole rings is 1.